The van der Waals surface area contributed by atoms with Gasteiger partial charge in [-0.2, -0.15) is 9.61 Å². The smallest absolute Gasteiger partial charge is 0.343 e. The number of esters is 1. The molecule has 1 fully saturated rings. The zero-order valence-corrected chi connectivity index (χ0v) is 16.8. The second kappa shape index (κ2) is 7.42. The van der Waals surface area contributed by atoms with Gasteiger partial charge in [0.1, 0.15) is 17.0 Å². The topological polar surface area (TPSA) is 95.6 Å². The minimum Gasteiger partial charge on any atom is -0.465 e. The van der Waals surface area contributed by atoms with Gasteiger partial charge in [0.15, 0.2) is 5.65 Å². The minimum atomic E-state index is -0.472. The van der Waals surface area contributed by atoms with Crippen molar-refractivity contribution < 1.29 is 14.3 Å². The first-order valence-electron chi connectivity index (χ1n) is 9.89. The molecular weight excluding hydrogens is 384 g/mol. The number of anilines is 1. The molecule has 0 unspecified atom stereocenters. The molecule has 1 N–H and O–H groups in total. The molecule has 5 heterocycles. The molecule has 1 aliphatic rings. The van der Waals surface area contributed by atoms with E-state index in [1.54, 1.807) is 10.7 Å². The van der Waals surface area contributed by atoms with E-state index < -0.39 is 5.97 Å². The Balaban J connectivity index is 1.73. The van der Waals surface area contributed by atoms with Gasteiger partial charge in [0.05, 0.1) is 31.6 Å². The zero-order chi connectivity index (χ0) is 20.7. The fourth-order valence-corrected chi connectivity index (χ4v) is 4.04. The first-order valence-corrected chi connectivity index (χ1v) is 9.89. The van der Waals surface area contributed by atoms with E-state index in [1.807, 2.05) is 25.2 Å². The second-order valence-corrected chi connectivity index (χ2v) is 7.26. The first kappa shape index (κ1) is 18.6. The third kappa shape index (κ3) is 2.89. The van der Waals surface area contributed by atoms with Gasteiger partial charge in [0.25, 0.3) is 0 Å². The van der Waals surface area contributed by atoms with Gasteiger partial charge >= 0.3 is 5.97 Å². The summed E-state index contributed by atoms with van der Waals surface area (Å²) in [5.41, 5.74) is 3.33. The number of nitrogens with one attached hydrogen (secondary N) is 1. The van der Waals surface area contributed by atoms with Crippen molar-refractivity contribution >= 4 is 28.5 Å². The molecule has 9 heteroatoms. The van der Waals surface area contributed by atoms with E-state index in [4.69, 9.17) is 14.5 Å². The Morgan fingerprint density at radius 2 is 2.27 bits per heavy atom. The molecule has 154 valence electrons. The van der Waals surface area contributed by atoms with Crippen LogP contribution in [0.15, 0.2) is 36.8 Å². The first-order chi connectivity index (χ1) is 14.7. The number of fused-ring (bicyclic) bond motifs is 2. The molecule has 0 amide bonds. The number of aromatic nitrogens is 5. The van der Waals surface area contributed by atoms with Gasteiger partial charge in [0, 0.05) is 43.1 Å². The number of rotatable bonds is 4. The molecule has 1 atom stereocenters. The fraction of sp³-hybridized carbons (Fsp3) is 0.333. The van der Waals surface area contributed by atoms with Crippen molar-refractivity contribution in [2.24, 2.45) is 0 Å². The highest BCUT2D eigenvalue weighted by Gasteiger charge is 2.23. The third-order valence-corrected chi connectivity index (χ3v) is 5.53. The Bertz CT molecular complexity index is 1240. The predicted molar refractivity (Wildman–Crippen MR) is 112 cm³/mol. The quantitative estimate of drug-likeness (QED) is 0.521. The summed E-state index contributed by atoms with van der Waals surface area (Å²) in [6.07, 6.45) is 7.43. The average molecular weight is 406 g/mol. The van der Waals surface area contributed by atoms with E-state index in [0.717, 1.165) is 47.6 Å². The van der Waals surface area contributed by atoms with E-state index in [1.165, 1.54) is 13.3 Å². The lowest BCUT2D eigenvalue weighted by atomic mass is 10.1. The molecule has 9 nitrogen and oxygen atoms in total. The molecule has 1 saturated heterocycles. The Morgan fingerprint density at radius 3 is 3.03 bits per heavy atom. The SMILES string of the molecule is CNc1cc(-c2cn([C@H]3CCCOC3)c3ncccc23)nc2c(C(=O)OC)cnn12. The highest BCUT2D eigenvalue weighted by Crippen LogP contribution is 2.34. The van der Waals surface area contributed by atoms with Crippen LogP contribution in [0.4, 0.5) is 5.82 Å². The van der Waals surface area contributed by atoms with Gasteiger partial charge < -0.3 is 19.4 Å². The summed E-state index contributed by atoms with van der Waals surface area (Å²) in [7, 11) is 3.16. The summed E-state index contributed by atoms with van der Waals surface area (Å²) < 4.78 is 14.4. The van der Waals surface area contributed by atoms with Gasteiger partial charge in [-0.15, -0.1) is 0 Å². The van der Waals surface area contributed by atoms with Crippen LogP contribution in [0.25, 0.3) is 27.9 Å². The molecule has 30 heavy (non-hydrogen) atoms. The maximum absolute atomic E-state index is 12.2. The summed E-state index contributed by atoms with van der Waals surface area (Å²) in [5, 5.41) is 8.43. The lowest BCUT2D eigenvalue weighted by molar-refractivity contribution is 0.0601. The lowest BCUT2D eigenvalue weighted by Gasteiger charge is -2.24. The molecule has 0 bridgehead atoms. The van der Waals surface area contributed by atoms with E-state index in [2.05, 4.69) is 26.2 Å². The average Bonchev–Trinajstić information content (AvgIpc) is 3.40. The number of methoxy groups -OCH3 is 1. The van der Waals surface area contributed by atoms with Crippen LogP contribution in [-0.2, 0) is 9.47 Å². The molecule has 5 rings (SSSR count). The van der Waals surface area contributed by atoms with Crippen molar-refractivity contribution in [3.8, 4) is 11.3 Å². The van der Waals surface area contributed by atoms with E-state index in [9.17, 15) is 4.79 Å². The molecule has 1 aliphatic heterocycles. The number of hydrogen-bond donors (Lipinski definition) is 1. The van der Waals surface area contributed by atoms with Crippen LogP contribution in [-0.4, -0.2) is 57.5 Å². The van der Waals surface area contributed by atoms with Crippen molar-refractivity contribution in [2.75, 3.05) is 32.7 Å². The number of carbonyl (C=O) groups is 1. The van der Waals surface area contributed by atoms with Crippen molar-refractivity contribution in [3.63, 3.8) is 0 Å². The standard InChI is InChI=1S/C21H22N6O3/c1-22-18-9-17(25-20-15(21(28)29-2)10-24-27(18)20)16-11-26(13-5-4-8-30-12-13)19-14(16)6-3-7-23-19/h3,6-7,9-11,13,22H,4-5,8,12H2,1-2H3/t13-/m0/s1. The van der Waals surface area contributed by atoms with Gasteiger partial charge in [-0.25, -0.2) is 14.8 Å². The maximum atomic E-state index is 12.2. The number of pyridine rings is 1. The highest BCUT2D eigenvalue weighted by atomic mass is 16.5. The Morgan fingerprint density at radius 1 is 1.37 bits per heavy atom. The molecule has 0 aliphatic carbocycles. The Labute approximate surface area is 172 Å². The van der Waals surface area contributed by atoms with E-state index in [0.29, 0.717) is 17.8 Å². The number of nitrogens with zero attached hydrogens (tertiary/aromatic N) is 5. The van der Waals surface area contributed by atoms with Crippen LogP contribution in [0.3, 0.4) is 0 Å². The van der Waals surface area contributed by atoms with Crippen LogP contribution in [0.5, 0.6) is 0 Å². The largest absolute Gasteiger partial charge is 0.465 e. The van der Waals surface area contributed by atoms with Crippen LogP contribution in [0, 0.1) is 0 Å². The van der Waals surface area contributed by atoms with Crippen molar-refractivity contribution in [1.82, 2.24) is 24.1 Å². The normalized spacial score (nSPS) is 16.8. The Hall–Kier alpha value is -3.46. The molecule has 0 saturated carbocycles. The van der Waals surface area contributed by atoms with Gasteiger partial charge in [-0.1, -0.05) is 0 Å². The Kier molecular flexibility index (Phi) is 4.59. The molecule has 0 spiro atoms. The fourth-order valence-electron chi connectivity index (χ4n) is 4.04. The monoisotopic (exact) mass is 406 g/mol. The molecule has 0 aromatic carbocycles. The zero-order valence-electron chi connectivity index (χ0n) is 16.8. The van der Waals surface area contributed by atoms with Crippen LogP contribution in [0.2, 0.25) is 0 Å². The van der Waals surface area contributed by atoms with Crippen LogP contribution in [0.1, 0.15) is 29.2 Å². The lowest BCUT2D eigenvalue weighted by Crippen LogP contribution is -2.20. The van der Waals surface area contributed by atoms with Crippen molar-refractivity contribution in [2.45, 2.75) is 18.9 Å². The molecular formula is C21H22N6O3. The number of carbonyl (C=O) groups excluding carboxylic acids is 1. The van der Waals surface area contributed by atoms with E-state index in [-0.39, 0.29) is 6.04 Å². The molecule has 4 aromatic heterocycles. The summed E-state index contributed by atoms with van der Waals surface area (Å²) in [6, 6.07) is 6.12. The summed E-state index contributed by atoms with van der Waals surface area (Å²) >= 11 is 0. The minimum absolute atomic E-state index is 0.234. The summed E-state index contributed by atoms with van der Waals surface area (Å²) in [4.78, 5) is 21.6. The summed E-state index contributed by atoms with van der Waals surface area (Å²) in [5.74, 6) is 0.246. The third-order valence-electron chi connectivity index (χ3n) is 5.53. The van der Waals surface area contributed by atoms with Crippen molar-refractivity contribution in [3.05, 3.63) is 42.4 Å². The maximum Gasteiger partial charge on any atom is 0.343 e. The van der Waals surface area contributed by atoms with Gasteiger partial charge in [-0.3, -0.25) is 0 Å². The number of ether oxygens (including phenoxy) is 2. The van der Waals surface area contributed by atoms with Crippen LogP contribution < -0.4 is 5.32 Å². The predicted octanol–water partition coefficient (Wildman–Crippen LogP) is 2.93. The van der Waals surface area contributed by atoms with E-state index >= 15 is 0 Å². The van der Waals surface area contributed by atoms with Crippen molar-refractivity contribution in [1.29, 1.82) is 0 Å². The second-order valence-electron chi connectivity index (χ2n) is 7.26. The van der Waals surface area contributed by atoms with Crippen LogP contribution >= 0.6 is 0 Å². The molecule has 0 radical (unpaired) electrons. The number of hydrogen-bond acceptors (Lipinski definition) is 7. The highest BCUT2D eigenvalue weighted by molar-refractivity contribution is 5.97. The van der Waals surface area contributed by atoms with Gasteiger partial charge in [0.2, 0.25) is 0 Å². The molecule has 4 aromatic rings. The van der Waals surface area contributed by atoms with Gasteiger partial charge in [-0.05, 0) is 25.0 Å². The summed E-state index contributed by atoms with van der Waals surface area (Å²) in [6.45, 7) is 1.47.